The zero-order valence-electron chi connectivity index (χ0n) is 9.79. The Morgan fingerprint density at radius 2 is 2.00 bits per heavy atom. The number of anilines is 1. The van der Waals surface area contributed by atoms with Crippen molar-refractivity contribution in [3.05, 3.63) is 5.82 Å². The maximum Gasteiger partial charge on any atom is 0.259 e. The summed E-state index contributed by atoms with van der Waals surface area (Å²) in [5, 5.41) is 6.70. The van der Waals surface area contributed by atoms with Gasteiger partial charge in [0.25, 0.3) is 5.92 Å². The molecule has 1 saturated heterocycles. The molecule has 1 aromatic rings. The van der Waals surface area contributed by atoms with Gasteiger partial charge in [0, 0.05) is 19.5 Å². The number of aromatic amines is 1. The summed E-state index contributed by atoms with van der Waals surface area (Å²) in [5.74, 6) is -1.67. The summed E-state index contributed by atoms with van der Waals surface area (Å²) in [5.41, 5.74) is 0. The van der Waals surface area contributed by atoms with Crippen LogP contribution in [0.15, 0.2) is 0 Å². The summed E-state index contributed by atoms with van der Waals surface area (Å²) in [7, 11) is 0. The molecule has 3 rings (SSSR count). The van der Waals surface area contributed by atoms with Crippen LogP contribution >= 0.6 is 0 Å². The number of H-pyrrole nitrogens is 1. The molecule has 1 unspecified atom stereocenters. The highest BCUT2D eigenvalue weighted by atomic mass is 19.3. The van der Waals surface area contributed by atoms with Gasteiger partial charge in [-0.2, -0.15) is 4.98 Å². The van der Waals surface area contributed by atoms with Gasteiger partial charge in [-0.05, 0) is 18.8 Å². The minimum absolute atomic E-state index is 0.0985. The zero-order chi connectivity index (χ0) is 12.0. The summed E-state index contributed by atoms with van der Waals surface area (Å²) in [4.78, 5) is 6.27. The molecule has 2 heterocycles. The lowest BCUT2D eigenvalue weighted by atomic mass is 10.00. The van der Waals surface area contributed by atoms with Crippen LogP contribution in [0.25, 0.3) is 0 Å². The molecule has 1 saturated carbocycles. The Morgan fingerprint density at radius 3 is 2.59 bits per heavy atom. The summed E-state index contributed by atoms with van der Waals surface area (Å²) < 4.78 is 25.8. The van der Waals surface area contributed by atoms with Crippen LogP contribution in [0.2, 0.25) is 0 Å². The second-order valence-corrected chi connectivity index (χ2v) is 5.21. The molecule has 94 valence electrons. The average molecular weight is 242 g/mol. The Morgan fingerprint density at radius 1 is 1.35 bits per heavy atom. The summed E-state index contributed by atoms with van der Waals surface area (Å²) in [6, 6.07) is 0. The van der Waals surface area contributed by atoms with Crippen LogP contribution in [0, 0.1) is 5.92 Å². The van der Waals surface area contributed by atoms with Crippen LogP contribution in [0.1, 0.15) is 37.9 Å². The SMILES string of the molecule is CC1CCN(c2n[nH]c(C3CC3(F)F)n2)CC1. The highest BCUT2D eigenvalue weighted by Gasteiger charge is 2.59. The van der Waals surface area contributed by atoms with Crippen LogP contribution in [0.4, 0.5) is 14.7 Å². The van der Waals surface area contributed by atoms with E-state index in [1.165, 1.54) is 0 Å². The summed E-state index contributed by atoms with van der Waals surface area (Å²) >= 11 is 0. The molecule has 1 aliphatic carbocycles. The van der Waals surface area contributed by atoms with Gasteiger partial charge in [-0.3, -0.25) is 5.10 Å². The fourth-order valence-corrected chi connectivity index (χ4v) is 2.28. The Balaban J connectivity index is 1.69. The first-order valence-electron chi connectivity index (χ1n) is 6.11. The maximum atomic E-state index is 12.9. The van der Waals surface area contributed by atoms with E-state index in [0.717, 1.165) is 31.8 Å². The van der Waals surface area contributed by atoms with E-state index in [4.69, 9.17) is 0 Å². The molecule has 4 nitrogen and oxygen atoms in total. The van der Waals surface area contributed by atoms with Gasteiger partial charge in [0.05, 0.1) is 5.92 Å². The second kappa shape index (κ2) is 3.65. The van der Waals surface area contributed by atoms with E-state index in [1.807, 2.05) is 0 Å². The predicted octanol–water partition coefficient (Wildman–Crippen LogP) is 2.16. The Kier molecular flexibility index (Phi) is 2.34. The Bertz CT molecular complexity index is 409. The number of hydrogen-bond acceptors (Lipinski definition) is 3. The molecule has 0 radical (unpaired) electrons. The van der Waals surface area contributed by atoms with Crippen molar-refractivity contribution in [2.45, 2.75) is 38.0 Å². The number of nitrogens with zero attached hydrogens (tertiary/aromatic N) is 3. The molecule has 0 aromatic carbocycles. The van der Waals surface area contributed by atoms with Gasteiger partial charge in [0.1, 0.15) is 5.82 Å². The van der Waals surface area contributed by atoms with Gasteiger partial charge in [-0.25, -0.2) is 8.78 Å². The third kappa shape index (κ3) is 2.00. The molecule has 17 heavy (non-hydrogen) atoms. The van der Waals surface area contributed by atoms with E-state index in [-0.39, 0.29) is 6.42 Å². The number of rotatable bonds is 2. The van der Waals surface area contributed by atoms with Gasteiger partial charge in [-0.15, -0.1) is 5.10 Å². The Labute approximate surface area is 98.4 Å². The van der Waals surface area contributed by atoms with Crippen LogP contribution < -0.4 is 4.90 Å². The molecular weight excluding hydrogens is 226 g/mol. The highest BCUT2D eigenvalue weighted by molar-refractivity contribution is 5.31. The van der Waals surface area contributed by atoms with Crippen molar-refractivity contribution in [3.63, 3.8) is 0 Å². The summed E-state index contributed by atoms with van der Waals surface area (Å²) in [6.45, 7) is 4.06. The molecule has 2 fully saturated rings. The molecule has 6 heteroatoms. The third-order valence-corrected chi connectivity index (χ3v) is 3.71. The van der Waals surface area contributed by atoms with E-state index in [0.29, 0.717) is 11.8 Å². The fraction of sp³-hybridized carbons (Fsp3) is 0.818. The fourth-order valence-electron chi connectivity index (χ4n) is 2.28. The minimum atomic E-state index is -2.58. The van der Waals surface area contributed by atoms with Crippen molar-refractivity contribution in [1.29, 1.82) is 0 Å². The van der Waals surface area contributed by atoms with Gasteiger partial charge < -0.3 is 4.90 Å². The van der Waals surface area contributed by atoms with Gasteiger partial charge >= 0.3 is 0 Å². The van der Waals surface area contributed by atoms with E-state index in [9.17, 15) is 8.78 Å². The molecule has 1 atom stereocenters. The zero-order valence-corrected chi connectivity index (χ0v) is 9.79. The standard InChI is InChI=1S/C11H16F2N4/c1-7-2-4-17(5-3-7)10-14-9(15-16-10)8-6-11(8,12)13/h7-8H,2-6H2,1H3,(H,14,15,16). The number of hydrogen-bond donors (Lipinski definition) is 1. The molecule has 1 N–H and O–H groups in total. The van der Waals surface area contributed by atoms with Crippen molar-refractivity contribution in [1.82, 2.24) is 15.2 Å². The normalized spacial score (nSPS) is 28.4. The monoisotopic (exact) mass is 242 g/mol. The molecule has 0 bridgehead atoms. The first-order chi connectivity index (χ1) is 8.06. The topological polar surface area (TPSA) is 44.8 Å². The largest absolute Gasteiger partial charge is 0.340 e. The van der Waals surface area contributed by atoms with Crippen molar-refractivity contribution < 1.29 is 8.78 Å². The maximum absolute atomic E-state index is 12.9. The molecule has 2 aliphatic rings. The third-order valence-electron chi connectivity index (χ3n) is 3.71. The van der Waals surface area contributed by atoms with E-state index in [2.05, 4.69) is 27.0 Å². The molecule has 1 aliphatic heterocycles. The number of halogens is 2. The first-order valence-corrected chi connectivity index (χ1v) is 6.11. The second-order valence-electron chi connectivity index (χ2n) is 5.21. The number of aromatic nitrogens is 3. The highest BCUT2D eigenvalue weighted by Crippen LogP contribution is 2.54. The van der Waals surface area contributed by atoms with Crippen LogP contribution in [0.3, 0.4) is 0 Å². The van der Waals surface area contributed by atoms with Crippen molar-refractivity contribution in [2.24, 2.45) is 5.92 Å². The van der Waals surface area contributed by atoms with E-state index in [1.54, 1.807) is 0 Å². The van der Waals surface area contributed by atoms with Crippen molar-refractivity contribution >= 4 is 5.95 Å². The quantitative estimate of drug-likeness (QED) is 0.864. The van der Waals surface area contributed by atoms with E-state index >= 15 is 0 Å². The van der Waals surface area contributed by atoms with Gasteiger partial charge in [-0.1, -0.05) is 6.92 Å². The lowest BCUT2D eigenvalue weighted by Crippen LogP contribution is -2.33. The number of piperidine rings is 1. The lowest BCUT2D eigenvalue weighted by molar-refractivity contribution is 0.111. The predicted molar refractivity (Wildman–Crippen MR) is 59.3 cm³/mol. The van der Waals surface area contributed by atoms with Crippen molar-refractivity contribution in [3.8, 4) is 0 Å². The van der Waals surface area contributed by atoms with Crippen LogP contribution in [-0.4, -0.2) is 34.2 Å². The van der Waals surface area contributed by atoms with Crippen LogP contribution in [-0.2, 0) is 0 Å². The molecule has 1 aromatic heterocycles. The van der Waals surface area contributed by atoms with Gasteiger partial charge in [0.15, 0.2) is 0 Å². The molecule has 0 amide bonds. The summed E-state index contributed by atoms with van der Waals surface area (Å²) in [6.07, 6.45) is 2.13. The minimum Gasteiger partial charge on any atom is -0.340 e. The average Bonchev–Trinajstić information content (AvgIpc) is 2.76. The molecule has 0 spiro atoms. The van der Waals surface area contributed by atoms with Gasteiger partial charge in [0.2, 0.25) is 5.95 Å². The van der Waals surface area contributed by atoms with E-state index < -0.39 is 11.8 Å². The van der Waals surface area contributed by atoms with Crippen molar-refractivity contribution in [2.75, 3.05) is 18.0 Å². The Hall–Kier alpha value is -1.20. The lowest BCUT2D eigenvalue weighted by Gasteiger charge is -2.29. The number of alkyl halides is 2. The molecular formula is C11H16F2N4. The smallest absolute Gasteiger partial charge is 0.259 e. The van der Waals surface area contributed by atoms with Crippen LogP contribution in [0.5, 0.6) is 0 Å². The first kappa shape index (κ1) is 10.9. The number of nitrogens with one attached hydrogen (secondary N) is 1.